The number of ether oxygens (including phenoxy) is 1. The van der Waals surface area contributed by atoms with Crippen LogP contribution in [0.1, 0.15) is 58.2 Å². The molecule has 0 saturated heterocycles. The van der Waals surface area contributed by atoms with E-state index in [-0.39, 0.29) is 10.8 Å². The molecule has 1 aliphatic heterocycles. The van der Waals surface area contributed by atoms with Gasteiger partial charge in [0, 0.05) is 23.0 Å². The zero-order valence-electron chi connectivity index (χ0n) is 50.5. The van der Waals surface area contributed by atoms with Crippen LogP contribution >= 0.6 is 0 Å². The molecule has 1 aliphatic rings. The van der Waals surface area contributed by atoms with Crippen LogP contribution in [0.25, 0.3) is 78.0 Å². The molecule has 14 rings (SSSR count). The number of hydrogen-bond acceptors (Lipinski definition) is 4. The number of benzene rings is 11. The summed E-state index contributed by atoms with van der Waals surface area (Å²) in [5.41, 5.74) is 24.0. The standard InChI is InChI=1S/C81H67N5O.Pt/c1-55-49-78(82-53-71(55)58-41-43-59(44-42-58)80(2,3)4)86-74-48-45-60(81(5,6)7)50-70(74)68-34-18-20-38-73(68)85(61-29-15-10-16-30-61)72-37-19-17-33-67(72)69-47-46-64(52-77(69)86)87-63-32-23-31-62(51-63)83-54-84(76-40-22-21-39-75(76)83)79-65(56-25-11-8-12-26-56)35-24-36-66(79)57-27-13-9-14-28-57;/h8-53H,1-7H3;. The van der Waals surface area contributed by atoms with Crippen LogP contribution in [0.3, 0.4) is 0 Å². The summed E-state index contributed by atoms with van der Waals surface area (Å²) in [6.07, 6.45) is 2.06. The molecule has 11 aromatic carbocycles. The van der Waals surface area contributed by atoms with Gasteiger partial charge in [-0.2, -0.15) is 0 Å². The van der Waals surface area contributed by atoms with E-state index in [9.17, 15) is 0 Å². The Bertz CT molecular complexity index is 4760. The Kier molecular flexibility index (Phi) is 14.5. The van der Waals surface area contributed by atoms with E-state index in [4.69, 9.17) is 9.72 Å². The van der Waals surface area contributed by atoms with E-state index in [0.29, 0.717) is 11.5 Å². The number of pyridine rings is 1. The molecule has 0 radical (unpaired) electrons. The third kappa shape index (κ3) is 10.3. The third-order valence-electron chi connectivity index (χ3n) is 17.0. The molecule has 0 saturated carbocycles. The summed E-state index contributed by atoms with van der Waals surface area (Å²) >= 11 is 2.52. The number of rotatable bonds is 9. The molecule has 13 aromatic rings. The van der Waals surface area contributed by atoms with Crippen molar-refractivity contribution in [3.8, 4) is 78.5 Å². The molecule has 0 amide bonds. The van der Waals surface area contributed by atoms with Gasteiger partial charge in [0.2, 0.25) is 0 Å². The first kappa shape index (κ1) is 56.0. The summed E-state index contributed by atoms with van der Waals surface area (Å²) in [5.74, 6) is 2.18. The molecule has 432 valence electrons. The van der Waals surface area contributed by atoms with E-state index in [1.165, 1.54) is 11.1 Å². The topological polar surface area (TPSA) is 38.5 Å². The number of aryl methyl sites for hydroxylation is 1. The van der Waals surface area contributed by atoms with Crippen molar-refractivity contribution in [2.45, 2.75) is 59.3 Å². The van der Waals surface area contributed by atoms with Gasteiger partial charge in [0.1, 0.15) is 0 Å². The molecular weight excluding hydrogens is 1250 g/mol. The van der Waals surface area contributed by atoms with Crippen LogP contribution in [0.5, 0.6) is 11.5 Å². The average molecular weight is 1320 g/mol. The van der Waals surface area contributed by atoms with Crippen LogP contribution < -0.4 is 14.5 Å². The van der Waals surface area contributed by atoms with Gasteiger partial charge in [-0.25, -0.2) is 0 Å². The van der Waals surface area contributed by atoms with E-state index in [0.717, 1.165) is 122 Å². The van der Waals surface area contributed by atoms with Gasteiger partial charge < -0.3 is 4.90 Å². The predicted octanol–water partition coefficient (Wildman–Crippen LogP) is 22.2. The van der Waals surface area contributed by atoms with Crippen LogP contribution in [-0.2, 0) is 30.2 Å². The third-order valence-corrected chi connectivity index (χ3v) is 18.0. The van der Waals surface area contributed by atoms with E-state index in [2.05, 4.69) is 366 Å². The fourth-order valence-corrected chi connectivity index (χ4v) is 13.6. The van der Waals surface area contributed by atoms with Crippen LogP contribution in [0.2, 0.25) is 0 Å². The summed E-state index contributed by atoms with van der Waals surface area (Å²) in [6.45, 7) is 15.9. The van der Waals surface area contributed by atoms with E-state index in [1.807, 2.05) is 0 Å². The number of fused-ring (bicyclic) bond motifs is 7. The normalized spacial score (nSPS) is 12.3. The monoisotopic (exact) mass is 1320 g/mol. The molecule has 2 aromatic heterocycles. The van der Waals surface area contributed by atoms with Crippen molar-refractivity contribution in [1.29, 1.82) is 0 Å². The van der Waals surface area contributed by atoms with E-state index in [1.54, 1.807) is 0 Å². The average Bonchev–Trinajstić information content (AvgIpc) is 1.44. The second kappa shape index (κ2) is 22.8. The maximum atomic E-state index is 7.26. The second-order valence-electron chi connectivity index (χ2n) is 24.8. The number of para-hydroxylation sites is 6. The molecule has 3 heterocycles. The Hall–Kier alpha value is -9.87. The minimum Gasteiger partial charge on any atom is -0.0579 e. The minimum absolute atomic E-state index is 0.0383. The predicted molar refractivity (Wildman–Crippen MR) is 362 cm³/mol. The van der Waals surface area contributed by atoms with Crippen molar-refractivity contribution in [2.24, 2.45) is 0 Å². The molecule has 88 heavy (non-hydrogen) atoms. The van der Waals surface area contributed by atoms with Crippen molar-refractivity contribution in [3.05, 3.63) is 300 Å². The van der Waals surface area contributed by atoms with Crippen molar-refractivity contribution in [3.63, 3.8) is 0 Å². The molecule has 0 unspecified atom stereocenters. The number of hydrogen-bond donors (Lipinski definition) is 0. The molecule has 0 spiro atoms. The molecule has 0 aliphatic carbocycles. The van der Waals surface area contributed by atoms with Gasteiger partial charge in [-0.1, -0.05) is 120 Å². The quantitative estimate of drug-likeness (QED) is 0.144. The molecule has 0 fully saturated rings. The first-order valence-electron chi connectivity index (χ1n) is 30.2. The first-order valence-corrected chi connectivity index (χ1v) is 31.3. The SMILES string of the molecule is Cc1cc(N2c3ccc(C(C)(C)C)cc3-c3ccccc3N(c3ccccc3)c3ccccc3-c3ccc(Oc4cccc(-n5[c](=[Pt])n(-c6c(-c7ccccc7)cccc6-c6ccccc6)c6ccccc65)c4)cc32)ncc1-c1ccc(C(C)(C)C)cc1. The molecule has 6 nitrogen and oxygen atoms in total. The zero-order chi connectivity index (χ0) is 60.3. The molecule has 0 N–H and O–H groups in total. The molecule has 0 bridgehead atoms. The molecule has 0 atom stereocenters. The Morgan fingerprint density at radius 1 is 0.352 bits per heavy atom. The van der Waals surface area contributed by atoms with Crippen molar-refractivity contribution in [1.82, 2.24) is 14.1 Å². The smallest absolute Gasteiger partial charge is 0.0579 e. The number of nitrogens with zero attached hydrogens (tertiary/aromatic N) is 5. The van der Waals surface area contributed by atoms with E-state index >= 15 is 0 Å². The summed E-state index contributed by atoms with van der Waals surface area (Å²) in [7, 11) is 0. The summed E-state index contributed by atoms with van der Waals surface area (Å²) in [6, 6.07) is 98.5. The van der Waals surface area contributed by atoms with Crippen molar-refractivity contribution in [2.75, 3.05) is 9.80 Å². The summed E-state index contributed by atoms with van der Waals surface area (Å²) in [5, 5.41) is 0. The second-order valence-corrected chi connectivity index (χ2v) is 25.8. The van der Waals surface area contributed by atoms with Crippen LogP contribution in [0.15, 0.2) is 279 Å². The van der Waals surface area contributed by atoms with Crippen LogP contribution in [-0.4, -0.2) is 14.1 Å². The fraction of sp³-hybridized carbons (Fsp3) is 0.111. The van der Waals surface area contributed by atoms with Gasteiger partial charge in [-0.05, 0) is 70.3 Å². The molecule has 7 heteroatoms. The van der Waals surface area contributed by atoms with Crippen LogP contribution in [0, 0.1) is 10.7 Å². The van der Waals surface area contributed by atoms with Crippen molar-refractivity contribution < 1.29 is 24.1 Å². The number of aromatic nitrogens is 3. The Morgan fingerprint density at radius 2 is 0.841 bits per heavy atom. The summed E-state index contributed by atoms with van der Waals surface area (Å²) < 4.78 is 13.1. The zero-order valence-corrected chi connectivity index (χ0v) is 52.8. The van der Waals surface area contributed by atoms with Gasteiger partial charge in [0.15, 0.2) is 0 Å². The Morgan fingerprint density at radius 3 is 1.47 bits per heavy atom. The maximum absolute atomic E-state index is 7.26. The Balaban J connectivity index is 0.968. The van der Waals surface area contributed by atoms with Gasteiger partial charge in [-0.3, -0.25) is 0 Å². The fourth-order valence-electron chi connectivity index (χ4n) is 12.5. The van der Waals surface area contributed by atoms with Gasteiger partial charge in [0.25, 0.3) is 0 Å². The van der Waals surface area contributed by atoms with Crippen molar-refractivity contribution >= 4 is 45.3 Å². The Labute approximate surface area is 527 Å². The number of anilines is 6. The minimum atomic E-state index is -0.147. The first-order chi connectivity index (χ1) is 42.8. The van der Waals surface area contributed by atoms with Gasteiger partial charge >= 0.3 is 306 Å². The van der Waals surface area contributed by atoms with Crippen LogP contribution in [0.4, 0.5) is 34.3 Å². The number of imidazole rings is 1. The molecular formula is C81H67N5OPt. The van der Waals surface area contributed by atoms with E-state index < -0.39 is 0 Å². The summed E-state index contributed by atoms with van der Waals surface area (Å²) in [4.78, 5) is 10.3. The van der Waals surface area contributed by atoms with Gasteiger partial charge in [0.05, 0.1) is 5.69 Å². The van der Waals surface area contributed by atoms with Gasteiger partial charge in [-0.15, -0.1) is 0 Å².